The van der Waals surface area contributed by atoms with E-state index in [1.54, 1.807) is 6.92 Å². The van der Waals surface area contributed by atoms with Gasteiger partial charge < -0.3 is 15.1 Å². The third kappa shape index (κ3) is 4.03. The predicted molar refractivity (Wildman–Crippen MR) is 108 cm³/mol. The van der Waals surface area contributed by atoms with Crippen molar-refractivity contribution in [3.05, 3.63) is 53.6 Å². The average molecular weight is 365 g/mol. The first-order chi connectivity index (χ1) is 12.9. The molecule has 0 spiro atoms. The van der Waals surface area contributed by atoms with Gasteiger partial charge in [-0.3, -0.25) is 9.59 Å². The third-order valence-electron chi connectivity index (χ3n) is 5.07. The minimum Gasteiger partial charge on any atom is -0.352 e. The van der Waals surface area contributed by atoms with Crippen LogP contribution in [0.5, 0.6) is 0 Å². The van der Waals surface area contributed by atoms with Gasteiger partial charge in [-0.2, -0.15) is 0 Å². The van der Waals surface area contributed by atoms with Gasteiger partial charge in [0.05, 0.1) is 6.04 Å². The summed E-state index contributed by atoms with van der Waals surface area (Å²) in [6.07, 6.45) is 1.45. The Labute approximate surface area is 161 Å². The SMILES string of the molecule is CC(=O)N1c2ccc(-c3ccc(CN(C)C)cc3)cc2[C@H](NC=O)C[C@@H]1C. The second kappa shape index (κ2) is 7.92. The normalized spacial score (nSPS) is 18.9. The lowest BCUT2D eigenvalue weighted by Crippen LogP contribution is -2.44. The van der Waals surface area contributed by atoms with Crippen LogP contribution in [0.2, 0.25) is 0 Å². The largest absolute Gasteiger partial charge is 0.352 e. The van der Waals surface area contributed by atoms with Crippen molar-refractivity contribution in [1.82, 2.24) is 10.2 Å². The summed E-state index contributed by atoms with van der Waals surface area (Å²) in [7, 11) is 4.11. The molecule has 142 valence electrons. The fourth-order valence-corrected chi connectivity index (χ4v) is 3.93. The average Bonchev–Trinajstić information content (AvgIpc) is 2.61. The molecule has 2 aromatic carbocycles. The molecule has 0 radical (unpaired) electrons. The molecule has 3 rings (SSSR count). The molecule has 1 heterocycles. The second-order valence-corrected chi connectivity index (χ2v) is 7.52. The molecule has 0 saturated carbocycles. The highest BCUT2D eigenvalue weighted by Gasteiger charge is 2.32. The number of nitrogens with zero attached hydrogens (tertiary/aromatic N) is 2. The quantitative estimate of drug-likeness (QED) is 0.827. The highest BCUT2D eigenvalue weighted by atomic mass is 16.2. The molecular weight excluding hydrogens is 338 g/mol. The fourth-order valence-electron chi connectivity index (χ4n) is 3.93. The standard InChI is InChI=1S/C22H27N3O2/c1-15-11-21(23-14-26)20-12-19(9-10-22(20)25(15)16(2)27)18-7-5-17(6-8-18)13-24(3)4/h5-10,12,14-15,21H,11,13H2,1-4H3,(H,23,26)/t15-,21+/m0/s1. The maximum absolute atomic E-state index is 12.1. The Hall–Kier alpha value is -2.66. The van der Waals surface area contributed by atoms with Crippen molar-refractivity contribution in [2.45, 2.75) is 38.9 Å². The van der Waals surface area contributed by atoms with Crippen LogP contribution in [0.3, 0.4) is 0 Å². The van der Waals surface area contributed by atoms with Crippen LogP contribution in [0.15, 0.2) is 42.5 Å². The van der Waals surface area contributed by atoms with Gasteiger partial charge in [-0.05, 0) is 61.8 Å². The summed E-state index contributed by atoms with van der Waals surface area (Å²) in [6, 6.07) is 14.6. The third-order valence-corrected chi connectivity index (χ3v) is 5.07. The van der Waals surface area contributed by atoms with Gasteiger partial charge in [0.25, 0.3) is 0 Å². The number of carbonyl (C=O) groups excluding carboxylic acids is 2. The van der Waals surface area contributed by atoms with E-state index in [0.717, 1.165) is 35.3 Å². The summed E-state index contributed by atoms with van der Waals surface area (Å²) >= 11 is 0. The Morgan fingerprint density at radius 3 is 2.44 bits per heavy atom. The van der Waals surface area contributed by atoms with E-state index in [-0.39, 0.29) is 18.0 Å². The molecule has 1 N–H and O–H groups in total. The molecule has 0 fully saturated rings. The zero-order valence-corrected chi connectivity index (χ0v) is 16.4. The molecule has 2 amide bonds. The zero-order valence-electron chi connectivity index (χ0n) is 16.4. The van der Waals surface area contributed by atoms with E-state index >= 15 is 0 Å². The van der Waals surface area contributed by atoms with Crippen LogP contribution in [-0.4, -0.2) is 37.4 Å². The van der Waals surface area contributed by atoms with Crippen molar-refractivity contribution in [2.24, 2.45) is 0 Å². The van der Waals surface area contributed by atoms with Crippen LogP contribution in [0.4, 0.5) is 5.69 Å². The van der Waals surface area contributed by atoms with Crippen molar-refractivity contribution in [2.75, 3.05) is 19.0 Å². The van der Waals surface area contributed by atoms with Gasteiger partial charge >= 0.3 is 0 Å². The van der Waals surface area contributed by atoms with Crippen molar-refractivity contribution in [3.8, 4) is 11.1 Å². The predicted octanol–water partition coefficient (Wildman–Crippen LogP) is 3.35. The first-order valence-electron chi connectivity index (χ1n) is 9.28. The molecule has 0 aromatic heterocycles. The van der Waals surface area contributed by atoms with Gasteiger partial charge in [0.1, 0.15) is 0 Å². The van der Waals surface area contributed by atoms with Crippen LogP contribution in [0, 0.1) is 0 Å². The van der Waals surface area contributed by atoms with Gasteiger partial charge in [0.2, 0.25) is 12.3 Å². The maximum atomic E-state index is 12.1. The number of rotatable bonds is 5. The minimum atomic E-state index is -0.0870. The fraction of sp³-hybridized carbons (Fsp3) is 0.364. The summed E-state index contributed by atoms with van der Waals surface area (Å²) in [6.45, 7) is 4.51. The second-order valence-electron chi connectivity index (χ2n) is 7.52. The number of amides is 2. The lowest BCUT2D eigenvalue weighted by Gasteiger charge is -2.39. The number of carbonyl (C=O) groups is 2. The van der Waals surface area contributed by atoms with Crippen molar-refractivity contribution in [3.63, 3.8) is 0 Å². The summed E-state index contributed by atoms with van der Waals surface area (Å²) < 4.78 is 0. The molecule has 1 aliphatic rings. The molecule has 0 saturated heterocycles. The maximum Gasteiger partial charge on any atom is 0.224 e. The first kappa shape index (κ1) is 19.1. The molecule has 2 atom stereocenters. The van der Waals surface area contributed by atoms with Crippen LogP contribution >= 0.6 is 0 Å². The van der Waals surface area contributed by atoms with Crippen molar-refractivity contribution in [1.29, 1.82) is 0 Å². The molecule has 0 bridgehead atoms. The topological polar surface area (TPSA) is 52.7 Å². The number of fused-ring (bicyclic) bond motifs is 1. The Kier molecular flexibility index (Phi) is 5.61. The van der Waals surface area contributed by atoms with Crippen LogP contribution < -0.4 is 10.2 Å². The molecular formula is C22H27N3O2. The Balaban J connectivity index is 1.99. The summed E-state index contributed by atoms with van der Waals surface area (Å²) in [4.78, 5) is 27.2. The molecule has 1 aliphatic heterocycles. The van der Waals surface area contributed by atoms with Crippen LogP contribution in [0.25, 0.3) is 11.1 Å². The van der Waals surface area contributed by atoms with Crippen molar-refractivity contribution < 1.29 is 9.59 Å². The Morgan fingerprint density at radius 1 is 1.19 bits per heavy atom. The molecule has 0 aliphatic carbocycles. The number of nitrogens with one attached hydrogen (secondary N) is 1. The molecule has 27 heavy (non-hydrogen) atoms. The highest BCUT2D eigenvalue weighted by Crippen LogP contribution is 2.39. The van der Waals surface area contributed by atoms with E-state index in [2.05, 4.69) is 54.6 Å². The number of hydrogen-bond donors (Lipinski definition) is 1. The van der Waals surface area contributed by atoms with Crippen LogP contribution in [-0.2, 0) is 16.1 Å². The minimum absolute atomic E-state index is 0.0223. The number of benzene rings is 2. The monoisotopic (exact) mass is 365 g/mol. The van der Waals surface area contributed by atoms with E-state index in [1.165, 1.54) is 5.56 Å². The lowest BCUT2D eigenvalue weighted by molar-refractivity contribution is -0.117. The summed E-state index contributed by atoms with van der Waals surface area (Å²) in [5.41, 5.74) is 5.34. The van der Waals surface area contributed by atoms with Gasteiger partial charge in [0.15, 0.2) is 0 Å². The summed E-state index contributed by atoms with van der Waals surface area (Å²) in [5, 5.41) is 2.92. The molecule has 2 aromatic rings. The smallest absolute Gasteiger partial charge is 0.224 e. The van der Waals surface area contributed by atoms with Gasteiger partial charge in [-0.25, -0.2) is 0 Å². The van der Waals surface area contributed by atoms with E-state index in [0.29, 0.717) is 6.42 Å². The summed E-state index contributed by atoms with van der Waals surface area (Å²) in [5.74, 6) is 0.0223. The van der Waals surface area contributed by atoms with E-state index in [9.17, 15) is 9.59 Å². The van der Waals surface area contributed by atoms with E-state index in [4.69, 9.17) is 0 Å². The van der Waals surface area contributed by atoms with Crippen molar-refractivity contribution >= 4 is 18.0 Å². The van der Waals surface area contributed by atoms with Gasteiger partial charge in [-0.1, -0.05) is 30.3 Å². The molecule has 0 unspecified atom stereocenters. The van der Waals surface area contributed by atoms with Gasteiger partial charge in [-0.15, -0.1) is 0 Å². The first-order valence-corrected chi connectivity index (χ1v) is 9.28. The van der Waals surface area contributed by atoms with Gasteiger partial charge in [0, 0.05) is 25.2 Å². The Morgan fingerprint density at radius 2 is 1.85 bits per heavy atom. The number of hydrogen-bond acceptors (Lipinski definition) is 3. The van der Waals surface area contributed by atoms with E-state index < -0.39 is 0 Å². The Bertz CT molecular complexity index is 830. The lowest BCUT2D eigenvalue weighted by atomic mass is 9.89. The number of anilines is 1. The highest BCUT2D eigenvalue weighted by molar-refractivity contribution is 5.94. The van der Waals surface area contributed by atoms with E-state index in [1.807, 2.05) is 24.0 Å². The van der Waals surface area contributed by atoms with Crippen LogP contribution in [0.1, 0.15) is 37.4 Å². The molecule has 5 heteroatoms. The molecule has 5 nitrogen and oxygen atoms in total. The zero-order chi connectivity index (χ0) is 19.6.